The van der Waals surface area contributed by atoms with Gasteiger partial charge in [0.25, 0.3) is 0 Å². The van der Waals surface area contributed by atoms with E-state index in [2.05, 4.69) is 72.9 Å². The second kappa shape index (κ2) is 6.83. The van der Waals surface area contributed by atoms with E-state index in [1.807, 2.05) is 13.8 Å². The van der Waals surface area contributed by atoms with Crippen LogP contribution < -0.4 is 5.43 Å². The minimum Gasteiger partial charge on any atom is -0.273 e. The molecule has 0 heterocycles. The van der Waals surface area contributed by atoms with Gasteiger partial charge >= 0.3 is 0 Å². The molecule has 0 spiro atoms. The maximum atomic E-state index is 12.7. The van der Waals surface area contributed by atoms with Gasteiger partial charge in [0.2, 0.25) is 5.91 Å². The topological polar surface area (TPSA) is 41.5 Å². The van der Waals surface area contributed by atoms with Gasteiger partial charge in [0.15, 0.2) is 0 Å². The molecule has 130 valence electrons. The van der Waals surface area contributed by atoms with Crippen molar-refractivity contribution in [2.45, 2.75) is 39.5 Å². The van der Waals surface area contributed by atoms with E-state index in [1.54, 1.807) is 6.21 Å². The van der Waals surface area contributed by atoms with Crippen molar-refractivity contribution in [3.63, 3.8) is 0 Å². The van der Waals surface area contributed by atoms with E-state index in [-0.39, 0.29) is 17.2 Å². The highest BCUT2D eigenvalue weighted by Gasteiger charge is 2.60. The van der Waals surface area contributed by atoms with Crippen LogP contribution in [0, 0.1) is 25.7 Å². The van der Waals surface area contributed by atoms with Crippen LogP contribution in [0.3, 0.4) is 0 Å². The van der Waals surface area contributed by atoms with Crippen LogP contribution in [-0.2, 0) is 10.2 Å². The van der Waals surface area contributed by atoms with Crippen molar-refractivity contribution < 1.29 is 4.79 Å². The van der Waals surface area contributed by atoms with Crippen LogP contribution in [-0.4, -0.2) is 12.1 Å². The first-order valence-electron chi connectivity index (χ1n) is 8.91. The van der Waals surface area contributed by atoms with Crippen LogP contribution in [0.1, 0.15) is 42.5 Å². The Balaban J connectivity index is 1.91. The molecule has 3 rings (SSSR count). The van der Waals surface area contributed by atoms with E-state index in [0.717, 1.165) is 6.42 Å². The number of nitrogens with zero attached hydrogens (tertiary/aromatic N) is 1. The lowest BCUT2D eigenvalue weighted by atomic mass is 9.85. The summed E-state index contributed by atoms with van der Waals surface area (Å²) in [6, 6.07) is 17.1. The highest BCUT2D eigenvalue weighted by Crippen LogP contribution is 2.59. The molecule has 0 bridgehead atoms. The molecule has 0 aromatic heterocycles. The second-order valence-corrected chi connectivity index (χ2v) is 7.46. The third-order valence-corrected chi connectivity index (χ3v) is 4.96. The summed E-state index contributed by atoms with van der Waals surface area (Å²) in [5.74, 6) is 0.235. The molecule has 0 saturated heterocycles. The van der Waals surface area contributed by atoms with Gasteiger partial charge in [-0.25, -0.2) is 5.43 Å². The fraction of sp³-hybridized carbons (Fsp3) is 0.364. The van der Waals surface area contributed by atoms with Crippen molar-refractivity contribution in [2.75, 3.05) is 0 Å². The average molecular weight is 334 g/mol. The number of nitrogens with one attached hydrogen (secondary N) is 1. The summed E-state index contributed by atoms with van der Waals surface area (Å²) in [6.07, 6.45) is 2.59. The zero-order valence-electron chi connectivity index (χ0n) is 15.4. The van der Waals surface area contributed by atoms with Crippen molar-refractivity contribution in [2.24, 2.45) is 16.9 Å². The number of hydrogen-bond donors (Lipinski definition) is 1. The molecule has 1 saturated carbocycles. The molecule has 1 aliphatic rings. The molecule has 25 heavy (non-hydrogen) atoms. The molecule has 3 nitrogen and oxygen atoms in total. The highest BCUT2D eigenvalue weighted by molar-refractivity contribution is 5.86. The number of carbonyl (C=O) groups is 1. The lowest BCUT2D eigenvalue weighted by Gasteiger charge is -2.19. The predicted octanol–water partition coefficient (Wildman–Crippen LogP) is 4.37. The second-order valence-electron chi connectivity index (χ2n) is 7.46. The van der Waals surface area contributed by atoms with E-state index in [1.165, 1.54) is 22.3 Å². The predicted molar refractivity (Wildman–Crippen MR) is 103 cm³/mol. The average Bonchev–Trinajstić information content (AvgIpc) is 3.32. The van der Waals surface area contributed by atoms with Gasteiger partial charge in [-0.15, -0.1) is 0 Å². The van der Waals surface area contributed by atoms with Crippen LogP contribution in [0.5, 0.6) is 0 Å². The van der Waals surface area contributed by atoms with Crippen LogP contribution in [0.25, 0.3) is 0 Å². The molecule has 3 heteroatoms. The summed E-state index contributed by atoms with van der Waals surface area (Å²) < 4.78 is 0. The zero-order chi connectivity index (χ0) is 18.0. The lowest BCUT2D eigenvalue weighted by Crippen LogP contribution is -2.25. The van der Waals surface area contributed by atoms with Crippen LogP contribution in [0.15, 0.2) is 53.6 Å². The largest absolute Gasteiger partial charge is 0.273 e. The maximum absolute atomic E-state index is 12.7. The Bertz CT molecular complexity index is 727. The molecular weight excluding hydrogens is 308 g/mol. The molecule has 1 atom stereocenters. The Morgan fingerprint density at radius 2 is 1.52 bits per heavy atom. The Kier molecular flexibility index (Phi) is 4.76. The molecule has 1 amide bonds. The van der Waals surface area contributed by atoms with E-state index in [4.69, 9.17) is 0 Å². The van der Waals surface area contributed by atoms with Crippen molar-refractivity contribution >= 4 is 12.1 Å². The lowest BCUT2D eigenvalue weighted by molar-refractivity contribution is -0.122. The standard InChI is InChI=1S/C22H26N2O/c1-15(2)14-23-24-21(25)20-13-22(20,18-9-5-16(3)6-10-18)19-11-7-17(4)8-12-19/h5-12,14-15,20H,13H2,1-4H3,(H,24,25)/b23-14+. The van der Waals surface area contributed by atoms with Crippen LogP contribution >= 0.6 is 0 Å². The number of benzene rings is 2. The summed E-state index contributed by atoms with van der Waals surface area (Å²) in [7, 11) is 0. The van der Waals surface area contributed by atoms with Crippen molar-refractivity contribution in [3.8, 4) is 0 Å². The van der Waals surface area contributed by atoms with Gasteiger partial charge in [-0.05, 0) is 37.3 Å². The summed E-state index contributed by atoms with van der Waals surface area (Å²) in [5.41, 5.74) is 7.35. The first-order valence-corrected chi connectivity index (χ1v) is 8.91. The minimum absolute atomic E-state index is 0.00181. The Morgan fingerprint density at radius 1 is 1.04 bits per heavy atom. The molecule has 1 aliphatic carbocycles. The Morgan fingerprint density at radius 3 is 1.96 bits per heavy atom. The van der Waals surface area contributed by atoms with Crippen molar-refractivity contribution in [3.05, 3.63) is 70.8 Å². The van der Waals surface area contributed by atoms with Gasteiger partial charge in [0, 0.05) is 11.6 Å². The van der Waals surface area contributed by atoms with Crippen molar-refractivity contribution in [1.29, 1.82) is 0 Å². The third-order valence-electron chi connectivity index (χ3n) is 4.96. The number of rotatable bonds is 5. The number of aryl methyl sites for hydroxylation is 2. The first kappa shape index (κ1) is 17.4. The molecule has 0 radical (unpaired) electrons. The Hall–Kier alpha value is -2.42. The van der Waals surface area contributed by atoms with E-state index in [9.17, 15) is 4.79 Å². The summed E-state index contributed by atoms with van der Waals surface area (Å²) in [4.78, 5) is 12.7. The monoisotopic (exact) mass is 334 g/mol. The molecule has 0 aliphatic heterocycles. The normalized spacial score (nSPS) is 18.5. The summed E-state index contributed by atoms with van der Waals surface area (Å²) >= 11 is 0. The number of amides is 1. The highest BCUT2D eigenvalue weighted by atomic mass is 16.2. The van der Waals surface area contributed by atoms with Gasteiger partial charge in [0.1, 0.15) is 0 Å². The van der Waals surface area contributed by atoms with E-state index >= 15 is 0 Å². The van der Waals surface area contributed by atoms with Gasteiger partial charge in [0.05, 0.1) is 5.92 Å². The molecular formula is C22H26N2O. The summed E-state index contributed by atoms with van der Waals surface area (Å²) in [5, 5.41) is 4.09. The van der Waals surface area contributed by atoms with Crippen LogP contribution in [0.2, 0.25) is 0 Å². The third kappa shape index (κ3) is 3.51. The van der Waals surface area contributed by atoms with E-state index < -0.39 is 0 Å². The van der Waals surface area contributed by atoms with Crippen LogP contribution in [0.4, 0.5) is 0 Å². The van der Waals surface area contributed by atoms with Gasteiger partial charge in [-0.3, -0.25) is 4.79 Å². The molecule has 1 fully saturated rings. The van der Waals surface area contributed by atoms with E-state index in [0.29, 0.717) is 5.92 Å². The van der Waals surface area contributed by atoms with Gasteiger partial charge < -0.3 is 0 Å². The number of carbonyl (C=O) groups excluding carboxylic acids is 1. The molecule has 2 aromatic rings. The SMILES string of the molecule is Cc1ccc(C2(c3ccc(C)cc3)CC2C(=O)N/N=C/C(C)C)cc1. The maximum Gasteiger partial charge on any atom is 0.244 e. The number of hydrazone groups is 1. The molecule has 2 aromatic carbocycles. The Labute approximate surface area is 150 Å². The molecule has 1 unspecified atom stereocenters. The summed E-state index contributed by atoms with van der Waals surface area (Å²) in [6.45, 7) is 8.24. The minimum atomic E-state index is -0.237. The first-order chi connectivity index (χ1) is 11.9. The van der Waals surface area contributed by atoms with Gasteiger partial charge in [-0.1, -0.05) is 73.5 Å². The number of hydrogen-bond acceptors (Lipinski definition) is 2. The fourth-order valence-corrected chi connectivity index (χ4v) is 3.41. The fourth-order valence-electron chi connectivity index (χ4n) is 3.41. The quantitative estimate of drug-likeness (QED) is 0.640. The zero-order valence-corrected chi connectivity index (χ0v) is 15.4. The smallest absolute Gasteiger partial charge is 0.244 e. The van der Waals surface area contributed by atoms with Crippen molar-refractivity contribution in [1.82, 2.24) is 5.43 Å². The molecule has 1 N–H and O–H groups in total. The van der Waals surface area contributed by atoms with Gasteiger partial charge in [-0.2, -0.15) is 5.10 Å².